The van der Waals surface area contributed by atoms with Gasteiger partial charge in [0.2, 0.25) is 0 Å². The third-order valence-corrected chi connectivity index (χ3v) is 5.39. The first-order chi connectivity index (χ1) is 11.1. The van der Waals surface area contributed by atoms with Crippen LogP contribution in [0.2, 0.25) is 5.02 Å². The number of likely N-dealkylation sites (N-methyl/N-ethyl adjacent to an activating group) is 1. The number of carbonyl (C=O) groups excluding carboxylic acids is 1. The summed E-state index contributed by atoms with van der Waals surface area (Å²) in [5.74, 6) is 0.121. The van der Waals surface area contributed by atoms with Crippen molar-refractivity contribution in [2.24, 2.45) is 0 Å². The van der Waals surface area contributed by atoms with Crippen LogP contribution in [-0.2, 0) is 0 Å². The Hall–Kier alpha value is -1.10. The molecule has 2 fully saturated rings. The molecule has 4 nitrogen and oxygen atoms in total. The largest absolute Gasteiger partial charge is 0.336 e. The molecule has 1 atom stereocenters. The van der Waals surface area contributed by atoms with Gasteiger partial charge in [0.1, 0.15) is 0 Å². The van der Waals surface area contributed by atoms with Gasteiger partial charge < -0.3 is 9.80 Å². The third-order valence-electron chi connectivity index (χ3n) is 5.14. The molecule has 0 aromatic heterocycles. The van der Waals surface area contributed by atoms with Gasteiger partial charge >= 0.3 is 0 Å². The Labute approximate surface area is 144 Å². The zero-order chi connectivity index (χ0) is 16.2. The molecule has 0 radical (unpaired) electrons. The fraction of sp³-hybridized carbons (Fsp3) is 0.611. The summed E-state index contributed by atoms with van der Waals surface area (Å²) in [6, 6.07) is 7.87. The smallest absolute Gasteiger partial charge is 0.253 e. The van der Waals surface area contributed by atoms with Crippen molar-refractivity contribution < 1.29 is 4.79 Å². The van der Waals surface area contributed by atoms with Gasteiger partial charge in [0, 0.05) is 49.4 Å². The molecule has 1 amide bonds. The highest BCUT2D eigenvalue weighted by atomic mass is 35.5. The van der Waals surface area contributed by atoms with Crippen molar-refractivity contribution in [2.45, 2.75) is 25.3 Å². The zero-order valence-electron chi connectivity index (χ0n) is 13.9. The Morgan fingerprint density at radius 1 is 1.09 bits per heavy atom. The van der Waals surface area contributed by atoms with Gasteiger partial charge in [-0.05, 0) is 50.7 Å². The molecule has 1 aromatic rings. The van der Waals surface area contributed by atoms with E-state index in [4.69, 9.17) is 11.6 Å². The number of carbonyl (C=O) groups is 1. The number of halogens is 1. The topological polar surface area (TPSA) is 26.8 Å². The number of amides is 1. The number of likely N-dealkylation sites (tertiary alicyclic amines) is 1. The monoisotopic (exact) mass is 335 g/mol. The highest BCUT2D eigenvalue weighted by molar-refractivity contribution is 6.30. The van der Waals surface area contributed by atoms with Crippen LogP contribution in [0.5, 0.6) is 0 Å². The summed E-state index contributed by atoms with van der Waals surface area (Å²) in [7, 11) is 2.24. The van der Waals surface area contributed by atoms with Crippen molar-refractivity contribution >= 4 is 17.5 Å². The minimum Gasteiger partial charge on any atom is -0.336 e. The highest BCUT2D eigenvalue weighted by Gasteiger charge is 2.26. The quantitative estimate of drug-likeness (QED) is 0.849. The molecule has 0 aliphatic carbocycles. The van der Waals surface area contributed by atoms with E-state index in [-0.39, 0.29) is 5.91 Å². The van der Waals surface area contributed by atoms with Gasteiger partial charge in [0.15, 0.2) is 0 Å². The Morgan fingerprint density at radius 2 is 1.78 bits per heavy atom. The van der Waals surface area contributed by atoms with E-state index in [0.717, 1.165) is 38.3 Å². The Morgan fingerprint density at radius 3 is 2.43 bits per heavy atom. The van der Waals surface area contributed by atoms with Crippen molar-refractivity contribution in [2.75, 3.05) is 46.3 Å². The van der Waals surface area contributed by atoms with Crippen molar-refractivity contribution in [3.8, 4) is 0 Å². The summed E-state index contributed by atoms with van der Waals surface area (Å²) in [6.45, 7) is 5.95. The fourth-order valence-corrected chi connectivity index (χ4v) is 3.71. The molecule has 0 N–H and O–H groups in total. The number of benzene rings is 1. The minimum absolute atomic E-state index is 0.121. The first kappa shape index (κ1) is 16.7. The van der Waals surface area contributed by atoms with E-state index in [1.807, 2.05) is 17.0 Å². The van der Waals surface area contributed by atoms with Crippen LogP contribution in [0.15, 0.2) is 24.3 Å². The van der Waals surface area contributed by atoms with E-state index in [1.54, 1.807) is 12.1 Å². The summed E-state index contributed by atoms with van der Waals surface area (Å²) in [5.41, 5.74) is 0.731. The average molecular weight is 336 g/mol. The van der Waals surface area contributed by atoms with Crippen LogP contribution in [0.25, 0.3) is 0 Å². The molecule has 3 rings (SSSR count). The van der Waals surface area contributed by atoms with Gasteiger partial charge in [-0.1, -0.05) is 18.0 Å². The maximum Gasteiger partial charge on any atom is 0.253 e. The lowest BCUT2D eigenvalue weighted by atomic mass is 10.0. The lowest BCUT2D eigenvalue weighted by Crippen LogP contribution is -2.53. The number of hydrogen-bond acceptors (Lipinski definition) is 3. The number of piperazine rings is 1. The van der Waals surface area contributed by atoms with Crippen molar-refractivity contribution in [1.29, 1.82) is 0 Å². The standard InChI is InChI=1S/C18H26ClN3O/c1-20-9-3-2-4-17(20)14-21-10-12-22(13-11-21)18(23)15-5-7-16(19)8-6-15/h5-8,17H,2-4,9-14H2,1H3/t17-/m1/s1. The van der Waals surface area contributed by atoms with Crippen molar-refractivity contribution in [3.63, 3.8) is 0 Å². The van der Waals surface area contributed by atoms with Crippen molar-refractivity contribution in [3.05, 3.63) is 34.9 Å². The molecule has 1 aromatic carbocycles. The normalized spacial score (nSPS) is 23.9. The van der Waals surface area contributed by atoms with Crippen LogP contribution in [0.4, 0.5) is 0 Å². The van der Waals surface area contributed by atoms with E-state index >= 15 is 0 Å². The molecule has 0 unspecified atom stereocenters. The molecule has 2 heterocycles. The van der Waals surface area contributed by atoms with Gasteiger partial charge in [0.05, 0.1) is 0 Å². The van der Waals surface area contributed by atoms with Gasteiger partial charge in [-0.2, -0.15) is 0 Å². The Kier molecular flexibility index (Phi) is 5.57. The number of rotatable bonds is 3. The van der Waals surface area contributed by atoms with Crippen LogP contribution in [0.1, 0.15) is 29.6 Å². The van der Waals surface area contributed by atoms with Gasteiger partial charge in [-0.15, -0.1) is 0 Å². The maximum atomic E-state index is 12.5. The van der Waals surface area contributed by atoms with E-state index < -0.39 is 0 Å². The van der Waals surface area contributed by atoms with Gasteiger partial charge in [-0.3, -0.25) is 9.69 Å². The fourth-order valence-electron chi connectivity index (χ4n) is 3.58. The maximum absolute atomic E-state index is 12.5. The molecule has 0 saturated carbocycles. The second kappa shape index (κ2) is 7.65. The molecule has 126 valence electrons. The summed E-state index contributed by atoms with van der Waals surface area (Å²) < 4.78 is 0. The van der Waals surface area contributed by atoms with Crippen LogP contribution >= 0.6 is 11.6 Å². The molecule has 0 bridgehead atoms. The molecule has 0 spiro atoms. The van der Waals surface area contributed by atoms with Crippen LogP contribution in [0, 0.1) is 0 Å². The highest BCUT2D eigenvalue weighted by Crippen LogP contribution is 2.18. The first-order valence-corrected chi connectivity index (χ1v) is 8.99. The summed E-state index contributed by atoms with van der Waals surface area (Å²) in [6.07, 6.45) is 3.99. The second-order valence-electron chi connectivity index (χ2n) is 6.73. The second-order valence-corrected chi connectivity index (χ2v) is 7.17. The SMILES string of the molecule is CN1CCCC[C@@H]1CN1CCN(C(=O)c2ccc(Cl)cc2)CC1. The van der Waals surface area contributed by atoms with Gasteiger partial charge in [0.25, 0.3) is 5.91 Å². The predicted octanol–water partition coefficient (Wildman–Crippen LogP) is 2.58. The van der Waals surface area contributed by atoms with Crippen molar-refractivity contribution in [1.82, 2.24) is 14.7 Å². The van der Waals surface area contributed by atoms with Crippen LogP contribution in [-0.4, -0.2) is 73.0 Å². The van der Waals surface area contributed by atoms with E-state index in [2.05, 4.69) is 16.8 Å². The molecule has 2 aliphatic heterocycles. The third kappa shape index (κ3) is 4.25. The summed E-state index contributed by atoms with van der Waals surface area (Å²) in [4.78, 5) is 19.5. The number of nitrogens with zero attached hydrogens (tertiary/aromatic N) is 3. The van der Waals surface area contributed by atoms with E-state index in [0.29, 0.717) is 11.1 Å². The van der Waals surface area contributed by atoms with E-state index in [1.165, 1.54) is 25.8 Å². The average Bonchev–Trinajstić information content (AvgIpc) is 2.58. The minimum atomic E-state index is 0.121. The van der Waals surface area contributed by atoms with Crippen LogP contribution < -0.4 is 0 Å². The number of piperidine rings is 1. The Bertz CT molecular complexity index is 526. The summed E-state index contributed by atoms with van der Waals surface area (Å²) >= 11 is 5.89. The molecular weight excluding hydrogens is 310 g/mol. The Balaban J connectivity index is 1.50. The predicted molar refractivity (Wildman–Crippen MR) is 94.1 cm³/mol. The summed E-state index contributed by atoms with van der Waals surface area (Å²) in [5, 5.41) is 0.669. The van der Waals surface area contributed by atoms with Gasteiger partial charge in [-0.25, -0.2) is 0 Å². The molecule has 2 saturated heterocycles. The molecular formula is C18H26ClN3O. The number of hydrogen-bond donors (Lipinski definition) is 0. The molecule has 2 aliphatic rings. The lowest BCUT2D eigenvalue weighted by molar-refractivity contribution is 0.0565. The van der Waals surface area contributed by atoms with E-state index in [9.17, 15) is 4.79 Å². The van der Waals surface area contributed by atoms with Crippen LogP contribution in [0.3, 0.4) is 0 Å². The lowest BCUT2D eigenvalue weighted by Gasteiger charge is -2.40. The zero-order valence-corrected chi connectivity index (χ0v) is 14.6. The molecule has 5 heteroatoms. The first-order valence-electron chi connectivity index (χ1n) is 8.61. The molecule has 23 heavy (non-hydrogen) atoms.